The number of hydrogen-bond donors (Lipinski definition) is 1. The van der Waals surface area contributed by atoms with Crippen LogP contribution in [0.4, 0.5) is 0 Å². The number of aromatic nitrogens is 1. The van der Waals surface area contributed by atoms with Crippen LogP contribution in [0.5, 0.6) is 0 Å². The summed E-state index contributed by atoms with van der Waals surface area (Å²) in [5.74, 6) is 0.826. The number of nitrogens with zero attached hydrogens (tertiary/aromatic N) is 2. The second kappa shape index (κ2) is 6.43. The lowest BCUT2D eigenvalue weighted by Gasteiger charge is -2.23. The van der Waals surface area contributed by atoms with E-state index in [-0.39, 0.29) is 5.91 Å². The normalized spacial score (nSPS) is 11.0. The van der Waals surface area contributed by atoms with Crippen molar-refractivity contribution in [1.29, 1.82) is 0 Å². The zero-order valence-corrected chi connectivity index (χ0v) is 12.2. The number of carbonyl (C=O) groups is 1. The second-order valence-electron chi connectivity index (χ2n) is 5.13. The van der Waals surface area contributed by atoms with E-state index in [0.29, 0.717) is 13.1 Å². The average Bonchev–Trinajstić information content (AvgIpc) is 3.04. The van der Waals surface area contributed by atoms with Gasteiger partial charge in [-0.15, -0.1) is 0 Å². The van der Waals surface area contributed by atoms with Gasteiger partial charge in [0.1, 0.15) is 5.76 Å². The molecule has 5 heteroatoms. The quantitative estimate of drug-likeness (QED) is 0.878. The lowest BCUT2D eigenvalue weighted by Crippen LogP contribution is -2.36. The number of hydrogen-bond acceptors (Lipinski definition) is 3. The van der Waals surface area contributed by atoms with Crippen LogP contribution >= 0.6 is 0 Å². The molecular formula is C15H21N3O2. The number of rotatable bonds is 6. The van der Waals surface area contributed by atoms with Crippen molar-refractivity contribution in [3.05, 3.63) is 47.7 Å². The molecular weight excluding hydrogens is 254 g/mol. The van der Waals surface area contributed by atoms with Crippen LogP contribution in [-0.2, 0) is 6.54 Å². The summed E-state index contributed by atoms with van der Waals surface area (Å²) >= 11 is 0. The van der Waals surface area contributed by atoms with Crippen molar-refractivity contribution in [2.24, 2.45) is 0 Å². The predicted octanol–water partition coefficient (Wildman–Crippen LogP) is 2.12. The topological polar surface area (TPSA) is 52.5 Å². The fourth-order valence-electron chi connectivity index (χ4n) is 2.02. The van der Waals surface area contributed by atoms with Gasteiger partial charge in [0.15, 0.2) is 0 Å². The standard InChI is InChI=1S/C15H21N3O2/c1-12-14(6-7-16-12)15(19)18(9-8-17(2)3)11-13-5-4-10-20-13/h4-7,10,16H,8-9,11H2,1-3H3. The molecule has 0 saturated heterocycles. The van der Waals surface area contributed by atoms with Gasteiger partial charge in [-0.25, -0.2) is 0 Å². The fraction of sp³-hybridized carbons (Fsp3) is 0.400. The van der Waals surface area contributed by atoms with Crippen LogP contribution in [0, 0.1) is 6.92 Å². The Balaban J connectivity index is 2.12. The molecule has 108 valence electrons. The molecule has 2 rings (SSSR count). The van der Waals surface area contributed by atoms with Crippen molar-refractivity contribution < 1.29 is 9.21 Å². The third-order valence-corrected chi connectivity index (χ3v) is 3.22. The maximum absolute atomic E-state index is 12.6. The molecule has 1 amide bonds. The molecule has 0 radical (unpaired) electrons. The Hall–Kier alpha value is -2.01. The van der Waals surface area contributed by atoms with Crippen molar-refractivity contribution in [2.45, 2.75) is 13.5 Å². The Morgan fingerprint density at radius 2 is 2.10 bits per heavy atom. The van der Waals surface area contributed by atoms with Crippen molar-refractivity contribution >= 4 is 5.91 Å². The fourth-order valence-corrected chi connectivity index (χ4v) is 2.02. The molecule has 0 bridgehead atoms. The van der Waals surface area contributed by atoms with E-state index >= 15 is 0 Å². The van der Waals surface area contributed by atoms with Crippen molar-refractivity contribution in [1.82, 2.24) is 14.8 Å². The van der Waals surface area contributed by atoms with Crippen LogP contribution in [0.3, 0.4) is 0 Å². The highest BCUT2D eigenvalue weighted by atomic mass is 16.3. The van der Waals surface area contributed by atoms with Gasteiger partial charge in [0.25, 0.3) is 5.91 Å². The van der Waals surface area contributed by atoms with Gasteiger partial charge in [0.05, 0.1) is 18.4 Å². The number of aryl methyl sites for hydroxylation is 1. The van der Waals surface area contributed by atoms with Crippen LogP contribution in [0.1, 0.15) is 21.8 Å². The summed E-state index contributed by atoms with van der Waals surface area (Å²) in [5, 5.41) is 0. The third kappa shape index (κ3) is 3.51. The van der Waals surface area contributed by atoms with E-state index in [9.17, 15) is 4.79 Å². The summed E-state index contributed by atoms with van der Waals surface area (Å²) in [6, 6.07) is 5.55. The van der Waals surface area contributed by atoms with Gasteiger partial charge >= 0.3 is 0 Å². The molecule has 5 nitrogen and oxygen atoms in total. The first-order chi connectivity index (χ1) is 9.58. The highest BCUT2D eigenvalue weighted by molar-refractivity contribution is 5.95. The molecule has 0 aliphatic rings. The molecule has 2 aromatic rings. The zero-order valence-electron chi connectivity index (χ0n) is 12.2. The monoisotopic (exact) mass is 275 g/mol. The summed E-state index contributed by atoms with van der Waals surface area (Å²) in [6.07, 6.45) is 3.42. The SMILES string of the molecule is Cc1[nH]ccc1C(=O)N(CCN(C)C)Cc1ccco1. The van der Waals surface area contributed by atoms with Gasteiger partial charge in [-0.1, -0.05) is 0 Å². The highest BCUT2D eigenvalue weighted by Gasteiger charge is 2.19. The molecule has 0 aliphatic heterocycles. The number of carbonyl (C=O) groups excluding carboxylic acids is 1. The van der Waals surface area contributed by atoms with Crippen LogP contribution in [-0.4, -0.2) is 47.9 Å². The molecule has 2 heterocycles. The summed E-state index contributed by atoms with van der Waals surface area (Å²) in [7, 11) is 3.99. The Morgan fingerprint density at radius 1 is 1.30 bits per heavy atom. The molecule has 0 aliphatic carbocycles. The third-order valence-electron chi connectivity index (χ3n) is 3.22. The number of furan rings is 1. The largest absolute Gasteiger partial charge is 0.467 e. The first kappa shape index (κ1) is 14.4. The maximum Gasteiger partial charge on any atom is 0.256 e. The van der Waals surface area contributed by atoms with Crippen LogP contribution in [0.15, 0.2) is 35.1 Å². The van der Waals surface area contributed by atoms with Crippen LogP contribution < -0.4 is 0 Å². The number of amides is 1. The zero-order chi connectivity index (χ0) is 14.5. The maximum atomic E-state index is 12.6. The molecule has 0 spiro atoms. The highest BCUT2D eigenvalue weighted by Crippen LogP contribution is 2.13. The van der Waals surface area contributed by atoms with Gasteiger partial charge in [0, 0.05) is 25.0 Å². The minimum atomic E-state index is 0.0296. The van der Waals surface area contributed by atoms with Crippen molar-refractivity contribution in [3.8, 4) is 0 Å². The average molecular weight is 275 g/mol. The lowest BCUT2D eigenvalue weighted by molar-refractivity contribution is 0.0719. The number of nitrogens with one attached hydrogen (secondary N) is 1. The van der Waals surface area contributed by atoms with Gasteiger partial charge in [-0.3, -0.25) is 4.79 Å². The van der Waals surface area contributed by atoms with E-state index in [1.165, 1.54) is 0 Å². The molecule has 1 N–H and O–H groups in total. The molecule has 0 saturated carbocycles. The predicted molar refractivity (Wildman–Crippen MR) is 77.5 cm³/mol. The van der Waals surface area contributed by atoms with Crippen LogP contribution in [0.2, 0.25) is 0 Å². The Morgan fingerprint density at radius 3 is 2.65 bits per heavy atom. The van der Waals surface area contributed by atoms with Gasteiger partial charge in [0.2, 0.25) is 0 Å². The summed E-state index contributed by atoms with van der Waals surface area (Å²) in [5.41, 5.74) is 1.61. The van der Waals surface area contributed by atoms with E-state index in [4.69, 9.17) is 4.42 Å². The molecule has 0 aromatic carbocycles. The molecule has 0 fully saturated rings. The molecule has 0 unspecified atom stereocenters. The van der Waals surface area contributed by atoms with Crippen molar-refractivity contribution in [3.63, 3.8) is 0 Å². The summed E-state index contributed by atoms with van der Waals surface area (Å²) < 4.78 is 5.35. The number of aromatic amines is 1. The molecule has 0 atom stereocenters. The molecule has 2 aromatic heterocycles. The van der Waals surface area contributed by atoms with E-state index in [2.05, 4.69) is 9.88 Å². The van der Waals surface area contributed by atoms with Gasteiger partial charge in [-0.2, -0.15) is 0 Å². The van der Waals surface area contributed by atoms with Crippen molar-refractivity contribution in [2.75, 3.05) is 27.2 Å². The summed E-state index contributed by atoms with van der Waals surface area (Å²) in [4.78, 5) is 19.5. The van der Waals surface area contributed by atoms with E-state index in [1.54, 1.807) is 12.5 Å². The van der Waals surface area contributed by atoms with E-state index in [1.807, 2.05) is 44.1 Å². The Kier molecular flexibility index (Phi) is 4.63. The van der Waals surface area contributed by atoms with Gasteiger partial charge < -0.3 is 19.2 Å². The Bertz CT molecular complexity index is 543. The van der Waals surface area contributed by atoms with E-state index in [0.717, 1.165) is 23.6 Å². The lowest BCUT2D eigenvalue weighted by atomic mass is 10.2. The minimum Gasteiger partial charge on any atom is -0.467 e. The minimum absolute atomic E-state index is 0.0296. The molecule has 20 heavy (non-hydrogen) atoms. The number of H-pyrrole nitrogens is 1. The number of likely N-dealkylation sites (N-methyl/N-ethyl adjacent to an activating group) is 1. The smallest absolute Gasteiger partial charge is 0.256 e. The van der Waals surface area contributed by atoms with E-state index < -0.39 is 0 Å². The second-order valence-corrected chi connectivity index (χ2v) is 5.13. The Labute approximate surface area is 119 Å². The van der Waals surface area contributed by atoms with Gasteiger partial charge in [-0.05, 0) is 39.2 Å². The summed E-state index contributed by atoms with van der Waals surface area (Å²) in [6.45, 7) is 3.88. The van der Waals surface area contributed by atoms with Crippen LogP contribution in [0.25, 0.3) is 0 Å². The first-order valence-electron chi connectivity index (χ1n) is 6.68. The first-order valence-corrected chi connectivity index (χ1v) is 6.68.